The van der Waals surface area contributed by atoms with Gasteiger partial charge < -0.3 is 5.73 Å². The van der Waals surface area contributed by atoms with Crippen molar-refractivity contribution in [2.75, 3.05) is 0 Å². The Hall–Kier alpha value is -0.380. The van der Waals surface area contributed by atoms with E-state index in [1.165, 1.54) is 0 Å². The van der Waals surface area contributed by atoms with Crippen LogP contribution in [0, 0.1) is 25.5 Å². The third-order valence-electron chi connectivity index (χ3n) is 4.56. The van der Waals surface area contributed by atoms with Gasteiger partial charge in [0.25, 0.3) is 0 Å². The van der Waals surface area contributed by atoms with Crippen molar-refractivity contribution in [1.29, 1.82) is 0 Å². The van der Waals surface area contributed by atoms with Crippen LogP contribution in [-0.2, 0) is 11.0 Å². The van der Waals surface area contributed by atoms with Crippen molar-refractivity contribution in [3.8, 4) is 0 Å². The zero-order chi connectivity index (χ0) is 23.4. The first-order chi connectivity index (χ1) is 13.7. The van der Waals surface area contributed by atoms with Crippen LogP contribution in [-0.4, -0.2) is 8.96 Å². The van der Waals surface area contributed by atoms with Gasteiger partial charge >= 0.3 is 0 Å². The minimum atomic E-state index is -1.17. The van der Waals surface area contributed by atoms with Gasteiger partial charge in [0.15, 0.2) is 0 Å². The highest BCUT2D eigenvalue weighted by atomic mass is 79.9. The van der Waals surface area contributed by atoms with Gasteiger partial charge in [-0.3, -0.25) is 0 Å². The van der Waals surface area contributed by atoms with Crippen LogP contribution in [0.1, 0.15) is 69.0 Å². The lowest BCUT2D eigenvalue weighted by Gasteiger charge is -2.23. The molecule has 2 aromatic rings. The van der Waals surface area contributed by atoms with E-state index in [0.717, 1.165) is 11.1 Å². The molecule has 176 valence electrons. The van der Waals surface area contributed by atoms with Gasteiger partial charge in [0.05, 0.1) is 24.7 Å². The topological polar surface area (TPSA) is 55.1 Å². The SMILES string of the molecule is Cc1c([C@@H](C)N)ccc(Br)c1F.Cc1c([C@@H](C)N[S@@](=O)C(C)(C)C)ccc(Br)c1F.Cl. The lowest BCUT2D eigenvalue weighted by molar-refractivity contribution is 0.593. The van der Waals surface area contributed by atoms with Gasteiger partial charge in [-0.15, -0.1) is 12.4 Å². The molecule has 2 aromatic carbocycles. The fourth-order valence-corrected chi connectivity index (χ4v) is 4.36. The average Bonchev–Trinajstić information content (AvgIpc) is 2.63. The second-order valence-corrected chi connectivity index (χ2v) is 11.9. The number of nitrogens with one attached hydrogen (secondary N) is 1. The zero-order valence-electron chi connectivity index (χ0n) is 18.8. The Labute approximate surface area is 210 Å². The van der Waals surface area contributed by atoms with Gasteiger partial charge in [0, 0.05) is 12.1 Å². The molecule has 2 rings (SSSR count). The predicted molar refractivity (Wildman–Crippen MR) is 137 cm³/mol. The lowest BCUT2D eigenvalue weighted by atomic mass is 10.0. The fourth-order valence-electron chi connectivity index (χ4n) is 2.70. The van der Waals surface area contributed by atoms with Gasteiger partial charge in [-0.05, 0) is 115 Å². The van der Waals surface area contributed by atoms with Gasteiger partial charge in [0.1, 0.15) is 11.6 Å². The van der Waals surface area contributed by atoms with Crippen LogP contribution >= 0.6 is 44.3 Å². The number of hydrogen-bond donors (Lipinski definition) is 2. The molecule has 0 unspecified atom stereocenters. The number of hydrogen-bond acceptors (Lipinski definition) is 2. The van der Waals surface area contributed by atoms with E-state index in [1.807, 2.05) is 46.8 Å². The molecular formula is C22H31Br2ClF2N2OS. The van der Waals surface area contributed by atoms with E-state index in [9.17, 15) is 13.0 Å². The number of nitrogens with two attached hydrogens (primary N) is 1. The second kappa shape index (κ2) is 12.8. The maximum Gasteiger partial charge on any atom is 0.140 e. The molecular weight excluding hydrogens is 574 g/mol. The van der Waals surface area contributed by atoms with Gasteiger partial charge in [-0.25, -0.2) is 17.7 Å². The highest BCUT2D eigenvalue weighted by molar-refractivity contribution is 9.10. The Bertz CT molecular complexity index is 921. The summed E-state index contributed by atoms with van der Waals surface area (Å²) < 4.78 is 42.6. The van der Waals surface area contributed by atoms with Crippen LogP contribution in [0.3, 0.4) is 0 Å². The fraction of sp³-hybridized carbons (Fsp3) is 0.455. The largest absolute Gasteiger partial charge is 0.324 e. The summed E-state index contributed by atoms with van der Waals surface area (Å²) in [5.41, 5.74) is 8.54. The Morgan fingerprint density at radius 3 is 1.71 bits per heavy atom. The van der Waals surface area contributed by atoms with Crippen molar-refractivity contribution >= 4 is 55.3 Å². The van der Waals surface area contributed by atoms with E-state index in [4.69, 9.17) is 5.73 Å². The summed E-state index contributed by atoms with van der Waals surface area (Å²) in [7, 11) is -1.17. The van der Waals surface area contributed by atoms with Crippen LogP contribution < -0.4 is 10.5 Å². The molecule has 0 aliphatic rings. The van der Waals surface area contributed by atoms with E-state index < -0.39 is 11.0 Å². The molecule has 0 saturated heterocycles. The van der Waals surface area contributed by atoms with Gasteiger partial charge in [-0.2, -0.15) is 0 Å². The van der Waals surface area contributed by atoms with Crippen LogP contribution in [0.15, 0.2) is 33.2 Å². The summed E-state index contributed by atoms with van der Waals surface area (Å²) in [6.07, 6.45) is 0. The smallest absolute Gasteiger partial charge is 0.140 e. The highest BCUT2D eigenvalue weighted by Crippen LogP contribution is 2.27. The van der Waals surface area contributed by atoms with Crippen LogP contribution in [0.2, 0.25) is 0 Å². The molecule has 0 radical (unpaired) electrons. The minimum absolute atomic E-state index is 0. The lowest BCUT2D eigenvalue weighted by Crippen LogP contribution is -2.35. The minimum Gasteiger partial charge on any atom is -0.324 e. The Morgan fingerprint density at radius 1 is 0.935 bits per heavy atom. The summed E-state index contributed by atoms with van der Waals surface area (Å²) in [5.74, 6) is -0.479. The van der Waals surface area contributed by atoms with Crippen molar-refractivity contribution in [1.82, 2.24) is 4.72 Å². The van der Waals surface area contributed by atoms with E-state index in [-0.39, 0.29) is 40.9 Å². The summed E-state index contributed by atoms with van der Waals surface area (Å²) in [6, 6.07) is 6.77. The van der Waals surface area contributed by atoms with Crippen molar-refractivity contribution < 1.29 is 13.0 Å². The number of benzene rings is 2. The van der Waals surface area contributed by atoms with Crippen LogP contribution in [0.5, 0.6) is 0 Å². The first-order valence-electron chi connectivity index (χ1n) is 9.51. The zero-order valence-corrected chi connectivity index (χ0v) is 23.6. The molecule has 3 atom stereocenters. The number of rotatable bonds is 4. The van der Waals surface area contributed by atoms with Gasteiger partial charge in [0.2, 0.25) is 0 Å². The molecule has 0 aromatic heterocycles. The molecule has 3 N–H and O–H groups in total. The Morgan fingerprint density at radius 2 is 1.32 bits per heavy atom. The molecule has 0 spiro atoms. The maximum absolute atomic E-state index is 13.8. The molecule has 3 nitrogen and oxygen atoms in total. The first-order valence-corrected chi connectivity index (χ1v) is 12.2. The van der Waals surface area contributed by atoms with Crippen LogP contribution in [0.4, 0.5) is 8.78 Å². The van der Waals surface area contributed by atoms with E-state index in [1.54, 1.807) is 26.0 Å². The Kier molecular flexibility index (Phi) is 12.6. The second-order valence-electron chi connectivity index (χ2n) is 8.16. The number of halogens is 5. The molecule has 0 aliphatic heterocycles. The monoisotopic (exact) mass is 602 g/mol. The maximum atomic E-state index is 13.8. The molecule has 0 amide bonds. The molecule has 0 heterocycles. The third kappa shape index (κ3) is 8.48. The van der Waals surface area contributed by atoms with Crippen molar-refractivity contribution in [2.24, 2.45) is 5.73 Å². The first kappa shape index (κ1) is 30.6. The van der Waals surface area contributed by atoms with E-state index in [0.29, 0.717) is 20.1 Å². The normalized spacial score (nSPS) is 14.1. The summed E-state index contributed by atoms with van der Waals surface area (Å²) >= 11 is 6.27. The standard InChI is InChI=1S/C13H19BrFNOS.C9H11BrFN.ClH/c1-8-10(6-7-11(14)12(8)15)9(2)16-18(17)13(3,4)5;1-5-7(6(2)12)3-4-8(10)9(5)11;/h6-7,9,16H,1-5H3;3-4,6H,12H2,1-2H3;1H/t9-,18+;6-;/m11./s1. The summed E-state index contributed by atoms with van der Waals surface area (Å²) in [5, 5.41) is 0. The molecule has 0 saturated carbocycles. The van der Waals surface area contributed by atoms with E-state index >= 15 is 0 Å². The molecule has 31 heavy (non-hydrogen) atoms. The quantitative estimate of drug-likeness (QED) is 0.384. The molecule has 9 heteroatoms. The molecule has 0 fully saturated rings. The molecule has 0 bridgehead atoms. The summed E-state index contributed by atoms with van der Waals surface area (Å²) in [6.45, 7) is 12.9. The van der Waals surface area contributed by atoms with Crippen molar-refractivity contribution in [2.45, 2.75) is 65.3 Å². The average molecular weight is 605 g/mol. The molecule has 0 aliphatic carbocycles. The summed E-state index contributed by atoms with van der Waals surface area (Å²) in [4.78, 5) is 0. The van der Waals surface area contributed by atoms with Gasteiger partial charge in [-0.1, -0.05) is 12.1 Å². The highest BCUT2D eigenvalue weighted by Gasteiger charge is 2.23. The van der Waals surface area contributed by atoms with Crippen LogP contribution in [0.25, 0.3) is 0 Å². The predicted octanol–water partition coefficient (Wildman–Crippen LogP) is 7.35. The third-order valence-corrected chi connectivity index (χ3v) is 7.46. The Balaban J connectivity index is 0.000000605. The van der Waals surface area contributed by atoms with Crippen molar-refractivity contribution in [3.63, 3.8) is 0 Å². The van der Waals surface area contributed by atoms with E-state index in [2.05, 4.69) is 36.6 Å². The van der Waals surface area contributed by atoms with Crippen molar-refractivity contribution in [3.05, 3.63) is 67.1 Å².